The Morgan fingerprint density at radius 2 is 2.00 bits per heavy atom. The Morgan fingerprint density at radius 1 is 1.24 bits per heavy atom. The molecule has 1 unspecified atom stereocenters. The summed E-state index contributed by atoms with van der Waals surface area (Å²) in [6.07, 6.45) is 12.9. The van der Waals surface area contributed by atoms with Gasteiger partial charge in [-0.1, -0.05) is 32.9 Å². The molecule has 1 aliphatic heterocycles. The monoisotopic (exact) mass is 642 g/mol. The molecule has 1 aliphatic carbocycles. The van der Waals surface area contributed by atoms with Crippen molar-refractivity contribution in [3.63, 3.8) is 0 Å². The third-order valence-electron chi connectivity index (χ3n) is 9.29. The SMILES string of the molecule is COC(=O)c1ccc(CCC[C@@H]2[C@H](C=C[C@@H](O)CCC[C@H](C)O[Si](C)(C)C(C)(C)C)[C@H](OC3CCCCO3)C[C@@H]2Cl)s1. The summed E-state index contributed by atoms with van der Waals surface area (Å²) in [6.45, 7) is 14.3. The van der Waals surface area contributed by atoms with Gasteiger partial charge in [0.1, 0.15) is 4.88 Å². The van der Waals surface area contributed by atoms with Gasteiger partial charge in [0.2, 0.25) is 0 Å². The van der Waals surface area contributed by atoms with Gasteiger partial charge in [-0.05, 0) is 107 Å². The average Bonchev–Trinajstić information content (AvgIpc) is 3.51. The van der Waals surface area contributed by atoms with E-state index in [1.165, 1.54) is 23.3 Å². The Morgan fingerprint density at radius 3 is 2.67 bits per heavy atom. The Kier molecular flexibility index (Phi) is 14.1. The highest BCUT2D eigenvalue weighted by atomic mass is 35.5. The number of halogens is 1. The molecule has 0 bridgehead atoms. The minimum Gasteiger partial charge on any atom is -0.465 e. The van der Waals surface area contributed by atoms with Gasteiger partial charge in [-0.25, -0.2) is 4.79 Å². The van der Waals surface area contributed by atoms with E-state index in [-0.39, 0.29) is 46.7 Å². The number of aliphatic hydroxyl groups excluding tert-OH is 1. The number of thiophene rings is 1. The van der Waals surface area contributed by atoms with Crippen molar-refractivity contribution in [3.05, 3.63) is 34.0 Å². The summed E-state index contributed by atoms with van der Waals surface area (Å²) in [4.78, 5) is 13.6. The van der Waals surface area contributed by atoms with E-state index in [0.717, 1.165) is 64.4 Å². The largest absolute Gasteiger partial charge is 0.465 e. The topological polar surface area (TPSA) is 74.2 Å². The first-order chi connectivity index (χ1) is 19.8. The van der Waals surface area contributed by atoms with E-state index in [1.807, 2.05) is 18.2 Å². The van der Waals surface area contributed by atoms with E-state index >= 15 is 0 Å². The van der Waals surface area contributed by atoms with Crippen molar-refractivity contribution in [3.8, 4) is 0 Å². The zero-order valence-electron chi connectivity index (χ0n) is 26.9. The molecule has 2 heterocycles. The molecule has 7 atom stereocenters. The van der Waals surface area contributed by atoms with Crippen LogP contribution in [0.3, 0.4) is 0 Å². The van der Waals surface area contributed by atoms with Crippen molar-refractivity contribution in [2.24, 2.45) is 11.8 Å². The van der Waals surface area contributed by atoms with Crippen LogP contribution in [0.5, 0.6) is 0 Å². The van der Waals surface area contributed by atoms with Gasteiger partial charge in [0, 0.05) is 28.9 Å². The number of hydrogen-bond donors (Lipinski definition) is 1. The molecule has 0 aromatic carbocycles. The molecular weight excluding hydrogens is 588 g/mol. The van der Waals surface area contributed by atoms with Crippen LogP contribution in [-0.4, -0.2) is 63.1 Å². The minimum atomic E-state index is -1.79. The maximum atomic E-state index is 11.8. The minimum absolute atomic E-state index is 0.00712. The van der Waals surface area contributed by atoms with Crippen LogP contribution in [0.4, 0.5) is 0 Å². The van der Waals surface area contributed by atoms with Crippen LogP contribution >= 0.6 is 22.9 Å². The highest BCUT2D eigenvalue weighted by Crippen LogP contribution is 2.43. The maximum Gasteiger partial charge on any atom is 0.348 e. The van der Waals surface area contributed by atoms with Crippen LogP contribution in [0, 0.1) is 11.8 Å². The molecule has 1 aromatic heterocycles. The first-order valence-electron chi connectivity index (χ1n) is 15.9. The summed E-state index contributed by atoms with van der Waals surface area (Å²) in [5.74, 6) is 0.0957. The zero-order valence-corrected chi connectivity index (χ0v) is 29.5. The average molecular weight is 643 g/mol. The van der Waals surface area contributed by atoms with Crippen molar-refractivity contribution in [1.29, 1.82) is 0 Å². The Bertz CT molecular complexity index is 985. The zero-order chi connectivity index (χ0) is 30.9. The maximum absolute atomic E-state index is 11.8. The summed E-state index contributed by atoms with van der Waals surface area (Å²) in [5, 5.41) is 11.1. The molecule has 0 amide bonds. The number of rotatable bonds is 15. The molecule has 9 heteroatoms. The number of aliphatic hydroxyl groups is 1. The summed E-state index contributed by atoms with van der Waals surface area (Å²) in [7, 11) is -0.379. The second-order valence-electron chi connectivity index (χ2n) is 13.7. The standard InChI is InChI=1S/C33H55ClO6SSi/c1-23(40-42(6,7)33(2,3)4)12-10-13-24(35)17-19-27-26(15-11-14-25-18-20-30(41-25)32(36)37-5)28(34)22-29(27)39-31-16-8-9-21-38-31/h17-20,23-24,26-29,31,35H,8-16,21-22H2,1-7H3/t23-,24-,26+,27-,28-,29+,31?/m0/s1. The summed E-state index contributed by atoms with van der Waals surface area (Å²) in [5.41, 5.74) is 0. The number of carbonyl (C=O) groups excluding carboxylic acids is 1. The van der Waals surface area contributed by atoms with Gasteiger partial charge >= 0.3 is 5.97 Å². The normalized spacial score (nSPS) is 26.9. The van der Waals surface area contributed by atoms with Gasteiger partial charge in [0.25, 0.3) is 0 Å². The molecule has 6 nitrogen and oxygen atoms in total. The fourth-order valence-electron chi connectivity index (χ4n) is 5.81. The number of alkyl halides is 1. The van der Waals surface area contributed by atoms with Gasteiger partial charge in [-0.15, -0.1) is 22.9 Å². The molecular formula is C33H55ClO6SSi. The highest BCUT2D eigenvalue weighted by Gasteiger charge is 2.43. The number of methoxy groups -OCH3 is 1. The van der Waals surface area contributed by atoms with E-state index in [0.29, 0.717) is 11.3 Å². The summed E-state index contributed by atoms with van der Waals surface area (Å²) >= 11 is 8.46. The number of carbonyl (C=O) groups is 1. The molecule has 1 N–H and O–H groups in total. The fourth-order valence-corrected chi connectivity index (χ4v) is 8.73. The van der Waals surface area contributed by atoms with Crippen LogP contribution in [0.15, 0.2) is 24.3 Å². The van der Waals surface area contributed by atoms with E-state index in [1.54, 1.807) is 0 Å². The lowest BCUT2D eigenvalue weighted by Crippen LogP contribution is -2.43. The van der Waals surface area contributed by atoms with Gasteiger partial charge in [-0.3, -0.25) is 0 Å². The third-order valence-corrected chi connectivity index (χ3v) is 15.5. The Labute approximate surface area is 264 Å². The molecule has 1 saturated heterocycles. The lowest BCUT2D eigenvalue weighted by molar-refractivity contribution is -0.192. The second kappa shape index (κ2) is 16.5. The summed E-state index contributed by atoms with van der Waals surface area (Å²) < 4.78 is 23.7. The van der Waals surface area contributed by atoms with Crippen molar-refractivity contribution in [1.82, 2.24) is 0 Å². The molecule has 2 fully saturated rings. The smallest absolute Gasteiger partial charge is 0.348 e. The number of esters is 1. The molecule has 42 heavy (non-hydrogen) atoms. The van der Waals surface area contributed by atoms with Crippen molar-refractivity contribution < 1.29 is 28.5 Å². The van der Waals surface area contributed by atoms with E-state index < -0.39 is 14.4 Å². The molecule has 1 aromatic rings. The highest BCUT2D eigenvalue weighted by molar-refractivity contribution is 7.13. The lowest BCUT2D eigenvalue weighted by Gasteiger charge is -2.38. The molecule has 0 spiro atoms. The predicted octanol–water partition coefficient (Wildman–Crippen LogP) is 8.51. The third kappa shape index (κ3) is 10.7. The van der Waals surface area contributed by atoms with Crippen LogP contribution in [0.25, 0.3) is 0 Å². The van der Waals surface area contributed by atoms with Gasteiger partial charge in [-0.2, -0.15) is 0 Å². The van der Waals surface area contributed by atoms with Crippen molar-refractivity contribution in [2.45, 2.75) is 140 Å². The van der Waals surface area contributed by atoms with Gasteiger partial charge in [0.05, 0.1) is 19.3 Å². The van der Waals surface area contributed by atoms with Crippen LogP contribution in [0.1, 0.15) is 100 Å². The van der Waals surface area contributed by atoms with Crippen LogP contribution in [0.2, 0.25) is 18.1 Å². The second-order valence-corrected chi connectivity index (χ2v) is 20.2. The first kappa shape index (κ1) is 35.7. The van der Waals surface area contributed by atoms with E-state index in [9.17, 15) is 9.90 Å². The number of aryl methyl sites for hydroxylation is 1. The quantitative estimate of drug-likeness (QED) is 0.0895. The van der Waals surface area contributed by atoms with Crippen molar-refractivity contribution >= 4 is 37.2 Å². The van der Waals surface area contributed by atoms with Crippen molar-refractivity contribution in [2.75, 3.05) is 13.7 Å². The van der Waals surface area contributed by atoms with Crippen LogP contribution in [-0.2, 0) is 25.1 Å². The molecule has 1 saturated carbocycles. The van der Waals surface area contributed by atoms with Crippen LogP contribution < -0.4 is 0 Å². The lowest BCUT2D eigenvalue weighted by atomic mass is 9.88. The predicted molar refractivity (Wildman–Crippen MR) is 175 cm³/mol. The molecule has 2 aliphatic rings. The molecule has 3 rings (SSSR count). The van der Waals surface area contributed by atoms with Gasteiger partial charge < -0.3 is 23.7 Å². The van der Waals surface area contributed by atoms with E-state index in [4.69, 9.17) is 30.2 Å². The Hall–Kier alpha value is -0.743. The first-order valence-corrected chi connectivity index (χ1v) is 20.1. The van der Waals surface area contributed by atoms with E-state index in [2.05, 4.69) is 46.9 Å². The Balaban J connectivity index is 1.57. The molecule has 0 radical (unpaired) electrons. The number of hydrogen-bond acceptors (Lipinski definition) is 7. The van der Waals surface area contributed by atoms with Gasteiger partial charge in [0.15, 0.2) is 14.6 Å². The molecule has 240 valence electrons. The summed E-state index contributed by atoms with van der Waals surface area (Å²) in [6, 6.07) is 3.86. The fraction of sp³-hybridized carbons (Fsp3) is 0.788. The number of ether oxygens (including phenoxy) is 3.